The summed E-state index contributed by atoms with van der Waals surface area (Å²) in [5.74, 6) is 4.01. The number of carbonyl (C=O) groups excluding carboxylic acids is 2. The van der Waals surface area contributed by atoms with Gasteiger partial charge < -0.3 is 14.2 Å². The van der Waals surface area contributed by atoms with Gasteiger partial charge in [-0.1, -0.05) is 127 Å². The van der Waals surface area contributed by atoms with Gasteiger partial charge in [-0.05, 0) is 144 Å². The third-order valence-electron chi connectivity index (χ3n) is 10.6. The van der Waals surface area contributed by atoms with Crippen molar-refractivity contribution in [2.24, 2.45) is 5.92 Å². The highest BCUT2D eigenvalue weighted by atomic mass is 35.5. The molecule has 0 radical (unpaired) electrons. The van der Waals surface area contributed by atoms with Crippen LogP contribution < -0.4 is 14.2 Å². The summed E-state index contributed by atoms with van der Waals surface area (Å²) < 4.78 is 17.2. The Morgan fingerprint density at radius 1 is 0.661 bits per heavy atom. The second-order valence-corrected chi connectivity index (χ2v) is 16.9. The topological polar surface area (TPSA) is 66.8 Å². The maximum atomic E-state index is 13.0. The summed E-state index contributed by atoms with van der Waals surface area (Å²) >= 11 is 5.92. The number of hydrogen-bond donors (Lipinski definition) is 0. The fourth-order valence-electron chi connectivity index (χ4n) is 7.08. The monoisotopic (exact) mass is 853 g/mol. The van der Waals surface area contributed by atoms with Gasteiger partial charge in [-0.25, -0.2) is 0 Å². The molecule has 0 aliphatic rings. The SMILES string of the molecule is CC(=O)Oc1ccccc1C.CC(C)Cc1ccc(C(C)C)cc1.CCc1c(C)n(C(=O)c2ccc(Cl)cc2)c2ccc(OC)cc12.COc1ccc2cc(C(C)C)ccc2c1. The molecule has 1 heterocycles. The summed E-state index contributed by atoms with van der Waals surface area (Å²) in [5, 5.41) is 4.20. The number of fused-ring (bicyclic) bond motifs is 2. The standard InChI is InChI=1S/C19H18ClNO2.C14H16O.C13H20.C9H10O2/c1-4-16-12(2)21(18-10-9-15(23-3)11-17(16)18)19(22)13-5-7-14(20)8-6-13;1-10(2)11-4-5-13-9-14(15-3)7-6-12(13)8-11;1-10(2)9-12-5-7-13(8-6-12)11(3)4;1-7-5-3-4-6-9(7)11-8(2)10/h5-11H,4H2,1-3H3;4-10H,1-3H3;5-8,10-11H,9H2,1-4H3;3-6H,1-2H3. The molecule has 0 spiro atoms. The van der Waals surface area contributed by atoms with Gasteiger partial charge in [-0.2, -0.15) is 0 Å². The number of carbonyl (C=O) groups is 2. The highest BCUT2D eigenvalue weighted by Crippen LogP contribution is 2.31. The molecule has 0 bridgehead atoms. The van der Waals surface area contributed by atoms with E-state index in [9.17, 15) is 9.59 Å². The van der Waals surface area contributed by atoms with Crippen LogP contribution in [0.1, 0.15) is 111 Å². The average molecular weight is 855 g/mol. The van der Waals surface area contributed by atoms with E-state index in [1.165, 1.54) is 46.4 Å². The molecule has 0 N–H and O–H groups in total. The minimum Gasteiger partial charge on any atom is -0.497 e. The van der Waals surface area contributed by atoms with Crippen molar-refractivity contribution in [1.29, 1.82) is 0 Å². The largest absolute Gasteiger partial charge is 0.497 e. The molecule has 326 valence electrons. The van der Waals surface area contributed by atoms with E-state index in [4.69, 9.17) is 25.8 Å². The molecule has 6 nitrogen and oxygen atoms in total. The first kappa shape index (κ1) is 48.8. The van der Waals surface area contributed by atoms with Gasteiger partial charge >= 0.3 is 5.97 Å². The van der Waals surface area contributed by atoms with E-state index in [1.807, 2.05) is 56.3 Å². The van der Waals surface area contributed by atoms with Crippen molar-refractivity contribution in [3.05, 3.63) is 171 Å². The molecular weight excluding hydrogens is 790 g/mol. The summed E-state index contributed by atoms with van der Waals surface area (Å²) in [4.78, 5) is 23.5. The average Bonchev–Trinajstić information content (AvgIpc) is 3.54. The Kier molecular flexibility index (Phi) is 18.4. The van der Waals surface area contributed by atoms with E-state index < -0.39 is 0 Å². The molecule has 0 atom stereocenters. The Balaban J connectivity index is 0.000000190. The zero-order valence-corrected chi connectivity index (χ0v) is 39.4. The van der Waals surface area contributed by atoms with Crippen LogP contribution in [0, 0.1) is 19.8 Å². The third kappa shape index (κ3) is 13.6. The van der Waals surface area contributed by atoms with Crippen molar-refractivity contribution in [2.75, 3.05) is 14.2 Å². The lowest BCUT2D eigenvalue weighted by molar-refractivity contribution is -0.131. The third-order valence-corrected chi connectivity index (χ3v) is 10.8. The number of benzene rings is 6. The van der Waals surface area contributed by atoms with Crippen LogP contribution in [0.4, 0.5) is 0 Å². The van der Waals surface area contributed by atoms with Gasteiger partial charge in [-0.3, -0.25) is 14.2 Å². The van der Waals surface area contributed by atoms with Crippen LogP contribution in [0.3, 0.4) is 0 Å². The van der Waals surface area contributed by atoms with E-state index in [0.717, 1.165) is 46.0 Å². The van der Waals surface area contributed by atoms with Crippen molar-refractivity contribution >= 4 is 45.2 Å². The predicted molar refractivity (Wildman–Crippen MR) is 260 cm³/mol. The van der Waals surface area contributed by atoms with Crippen LogP contribution >= 0.6 is 11.6 Å². The zero-order chi connectivity index (χ0) is 45.5. The molecular formula is C55H64ClNO5. The van der Waals surface area contributed by atoms with Crippen molar-refractivity contribution in [2.45, 2.75) is 93.9 Å². The number of methoxy groups -OCH3 is 2. The molecule has 7 aromatic rings. The number of rotatable bonds is 9. The maximum Gasteiger partial charge on any atom is 0.308 e. The minimum absolute atomic E-state index is 0.0472. The summed E-state index contributed by atoms with van der Waals surface area (Å²) in [5.41, 5.74) is 8.91. The fraction of sp³-hybridized carbons (Fsp3) is 0.309. The second-order valence-electron chi connectivity index (χ2n) is 16.4. The van der Waals surface area contributed by atoms with Crippen LogP contribution in [0.5, 0.6) is 17.2 Å². The van der Waals surface area contributed by atoms with E-state index >= 15 is 0 Å². The smallest absolute Gasteiger partial charge is 0.308 e. The van der Waals surface area contributed by atoms with Crippen LogP contribution in [-0.4, -0.2) is 30.7 Å². The van der Waals surface area contributed by atoms with Crippen molar-refractivity contribution in [3.8, 4) is 17.2 Å². The summed E-state index contributed by atoms with van der Waals surface area (Å²) in [6.07, 6.45) is 2.05. The number of nitrogens with zero attached hydrogens (tertiary/aromatic N) is 1. The van der Waals surface area contributed by atoms with Crippen molar-refractivity contribution < 1.29 is 23.8 Å². The van der Waals surface area contributed by atoms with Crippen molar-refractivity contribution in [1.82, 2.24) is 4.57 Å². The molecule has 0 fully saturated rings. The number of aromatic nitrogens is 1. The molecule has 7 rings (SSSR count). The van der Waals surface area contributed by atoms with Gasteiger partial charge in [0.2, 0.25) is 0 Å². The predicted octanol–water partition coefficient (Wildman–Crippen LogP) is 14.8. The summed E-state index contributed by atoms with van der Waals surface area (Å²) in [6, 6.07) is 42.0. The molecule has 0 aliphatic carbocycles. The Labute approximate surface area is 374 Å². The van der Waals surface area contributed by atoms with Crippen LogP contribution in [0.15, 0.2) is 127 Å². The molecule has 0 unspecified atom stereocenters. The Morgan fingerprint density at radius 2 is 1.23 bits per heavy atom. The van der Waals surface area contributed by atoms with E-state index in [1.54, 1.807) is 49.1 Å². The quantitative estimate of drug-likeness (QED) is 0.107. The molecule has 0 amide bonds. The lowest BCUT2D eigenvalue weighted by Gasteiger charge is -2.08. The number of halogens is 1. The molecule has 0 saturated heterocycles. The lowest BCUT2D eigenvalue weighted by atomic mass is 9.98. The summed E-state index contributed by atoms with van der Waals surface area (Å²) in [7, 11) is 3.35. The highest BCUT2D eigenvalue weighted by Gasteiger charge is 2.19. The van der Waals surface area contributed by atoms with E-state index in [0.29, 0.717) is 28.2 Å². The van der Waals surface area contributed by atoms with Gasteiger partial charge in [-0.15, -0.1) is 0 Å². The highest BCUT2D eigenvalue weighted by molar-refractivity contribution is 6.30. The number of aryl methyl sites for hydroxylation is 2. The number of hydrogen-bond acceptors (Lipinski definition) is 5. The van der Waals surface area contributed by atoms with E-state index in [2.05, 4.69) is 103 Å². The van der Waals surface area contributed by atoms with Crippen LogP contribution in [-0.2, 0) is 17.6 Å². The number of ether oxygens (including phenoxy) is 3. The second kappa shape index (κ2) is 23.4. The molecule has 0 aliphatic heterocycles. The van der Waals surface area contributed by atoms with Gasteiger partial charge in [0.05, 0.1) is 19.7 Å². The molecule has 62 heavy (non-hydrogen) atoms. The fourth-order valence-corrected chi connectivity index (χ4v) is 7.21. The van der Waals surface area contributed by atoms with Gasteiger partial charge in [0.25, 0.3) is 5.91 Å². The van der Waals surface area contributed by atoms with Crippen LogP contribution in [0.25, 0.3) is 21.7 Å². The molecule has 7 heteroatoms. The Hall–Kier alpha value is -5.85. The first-order valence-corrected chi connectivity index (χ1v) is 21.8. The minimum atomic E-state index is -0.278. The molecule has 1 aromatic heterocycles. The number of esters is 1. The number of para-hydroxylation sites is 1. The first-order valence-electron chi connectivity index (χ1n) is 21.4. The lowest BCUT2D eigenvalue weighted by Crippen LogP contribution is -2.13. The Morgan fingerprint density at radius 3 is 1.79 bits per heavy atom. The first-order chi connectivity index (χ1) is 29.6. The van der Waals surface area contributed by atoms with Gasteiger partial charge in [0.15, 0.2) is 0 Å². The van der Waals surface area contributed by atoms with Crippen molar-refractivity contribution in [3.63, 3.8) is 0 Å². The normalized spacial score (nSPS) is 10.7. The van der Waals surface area contributed by atoms with Crippen LogP contribution in [0.2, 0.25) is 5.02 Å². The molecule has 6 aromatic carbocycles. The summed E-state index contributed by atoms with van der Waals surface area (Å²) in [6.45, 7) is 20.8. The maximum absolute atomic E-state index is 13.0. The van der Waals surface area contributed by atoms with E-state index in [-0.39, 0.29) is 11.9 Å². The van der Waals surface area contributed by atoms with Gasteiger partial charge in [0, 0.05) is 28.6 Å². The molecule has 0 saturated carbocycles. The van der Waals surface area contributed by atoms with Gasteiger partial charge in [0.1, 0.15) is 17.2 Å². The Bertz CT molecular complexity index is 2530. The zero-order valence-electron chi connectivity index (χ0n) is 38.6.